The molecule has 0 saturated carbocycles. The van der Waals surface area contributed by atoms with Gasteiger partial charge in [-0.3, -0.25) is 14.7 Å². The van der Waals surface area contributed by atoms with Gasteiger partial charge in [-0.1, -0.05) is 35.5 Å². The Morgan fingerprint density at radius 1 is 1.18 bits per heavy atom. The van der Waals surface area contributed by atoms with E-state index in [4.69, 9.17) is 0 Å². The minimum absolute atomic E-state index is 0.0540. The van der Waals surface area contributed by atoms with Crippen molar-refractivity contribution in [1.29, 1.82) is 0 Å². The summed E-state index contributed by atoms with van der Waals surface area (Å²) in [6.07, 6.45) is 1.77. The first-order valence-electron chi connectivity index (χ1n) is 11.3. The average molecular weight is 514 g/mol. The number of carbonyl (C=O) groups is 1. The molecule has 0 bridgehead atoms. The third-order valence-corrected chi connectivity index (χ3v) is 6.75. The molecule has 0 aliphatic heterocycles. The van der Waals surface area contributed by atoms with Gasteiger partial charge in [0.15, 0.2) is 0 Å². The van der Waals surface area contributed by atoms with Gasteiger partial charge in [-0.2, -0.15) is 0 Å². The zero-order chi connectivity index (χ0) is 24.5. The van der Waals surface area contributed by atoms with Crippen LogP contribution in [0, 0.1) is 26.7 Å². The molecule has 0 radical (unpaired) electrons. The Morgan fingerprint density at radius 3 is 2.55 bits per heavy atom. The highest BCUT2D eigenvalue weighted by Gasteiger charge is 2.13. The second kappa shape index (κ2) is 12.7. The molecule has 178 valence electrons. The molecule has 1 amide bonds. The molecule has 2 rings (SSSR count). The Morgan fingerprint density at radius 2 is 1.91 bits per heavy atom. The molecule has 1 atom stereocenters. The molecule has 0 heterocycles. The van der Waals surface area contributed by atoms with Gasteiger partial charge in [0.1, 0.15) is 0 Å². The Bertz CT molecular complexity index is 979. The molecule has 2 N–H and O–H groups in total. The van der Waals surface area contributed by atoms with Crippen LogP contribution in [0.15, 0.2) is 52.1 Å². The van der Waals surface area contributed by atoms with Crippen LogP contribution in [0.4, 0.5) is 5.69 Å². The highest BCUT2D eigenvalue weighted by Crippen LogP contribution is 2.26. The Labute approximate surface area is 207 Å². The largest absolute Gasteiger partial charge is 0.359 e. The first-order chi connectivity index (χ1) is 15.6. The maximum Gasteiger partial charge on any atom is 0.251 e. The topological polar surface area (TPSA) is 56.7 Å². The fourth-order valence-corrected chi connectivity index (χ4v) is 4.22. The fourth-order valence-electron chi connectivity index (χ4n) is 3.62. The minimum Gasteiger partial charge on any atom is -0.359 e. The van der Waals surface area contributed by atoms with Crippen LogP contribution < -0.4 is 10.6 Å². The van der Waals surface area contributed by atoms with Crippen LogP contribution in [-0.4, -0.2) is 44.3 Å². The molecule has 0 aliphatic rings. The number of rotatable bonds is 12. The smallest absolute Gasteiger partial charge is 0.251 e. The van der Waals surface area contributed by atoms with Gasteiger partial charge in [-0.05, 0) is 99.8 Å². The number of aliphatic imine (C=N–C) groups is 1. The molecule has 5 nitrogen and oxygen atoms in total. The van der Waals surface area contributed by atoms with E-state index in [0.29, 0.717) is 18.8 Å². The third kappa shape index (κ3) is 8.13. The molecule has 6 heteroatoms. The van der Waals surface area contributed by atoms with Gasteiger partial charge in [0.05, 0.1) is 6.67 Å². The first-order valence-corrected chi connectivity index (χ1v) is 12.1. The lowest BCUT2D eigenvalue weighted by atomic mass is 9.95. The van der Waals surface area contributed by atoms with Crippen molar-refractivity contribution in [2.75, 3.05) is 32.1 Å². The summed E-state index contributed by atoms with van der Waals surface area (Å²) < 4.78 is 1.15. The molecular formula is C27H37BrN4O. The number of aryl methyl sites for hydroxylation is 2. The van der Waals surface area contributed by atoms with Gasteiger partial charge in [0.25, 0.3) is 5.91 Å². The van der Waals surface area contributed by atoms with Crippen LogP contribution in [-0.2, 0) is 6.42 Å². The summed E-state index contributed by atoms with van der Waals surface area (Å²) in [7, 11) is 1.99. The zero-order valence-corrected chi connectivity index (χ0v) is 22.2. The number of amides is 1. The number of nitrogens with zero attached hydrogens (tertiary/aromatic N) is 2. The highest BCUT2D eigenvalue weighted by molar-refractivity contribution is 9.10. The average Bonchev–Trinajstić information content (AvgIpc) is 2.76. The predicted molar refractivity (Wildman–Crippen MR) is 144 cm³/mol. The van der Waals surface area contributed by atoms with Crippen LogP contribution in [0.3, 0.4) is 0 Å². The lowest BCUT2D eigenvalue weighted by molar-refractivity contribution is 0.0952. The maximum absolute atomic E-state index is 12.5. The molecule has 0 spiro atoms. The second-order valence-electron chi connectivity index (χ2n) is 8.86. The number of halogens is 1. The number of hydrogen-bond acceptors (Lipinski definition) is 4. The van der Waals surface area contributed by atoms with Gasteiger partial charge in [0, 0.05) is 34.5 Å². The monoisotopic (exact) mass is 512 g/mol. The van der Waals surface area contributed by atoms with E-state index in [2.05, 4.69) is 82.7 Å². The number of anilines is 1. The lowest BCUT2D eigenvalue weighted by Crippen LogP contribution is -2.28. The van der Waals surface area contributed by atoms with Gasteiger partial charge in [-0.25, -0.2) is 0 Å². The van der Waals surface area contributed by atoms with E-state index >= 15 is 0 Å². The third-order valence-electron chi connectivity index (χ3n) is 5.93. The van der Waals surface area contributed by atoms with Crippen molar-refractivity contribution in [2.45, 2.75) is 40.5 Å². The van der Waals surface area contributed by atoms with Gasteiger partial charge in [0.2, 0.25) is 0 Å². The van der Waals surface area contributed by atoms with Crippen molar-refractivity contribution >= 4 is 34.2 Å². The molecule has 2 aromatic rings. The Balaban J connectivity index is 1.91. The van der Waals surface area contributed by atoms with Crippen LogP contribution in [0.1, 0.15) is 46.0 Å². The van der Waals surface area contributed by atoms with E-state index in [0.717, 1.165) is 40.8 Å². The molecule has 0 aromatic heterocycles. The van der Waals surface area contributed by atoms with E-state index in [1.54, 1.807) is 0 Å². The molecular weight excluding hydrogens is 476 g/mol. The molecule has 0 unspecified atom stereocenters. The number of nitrogens with one attached hydrogen (secondary N) is 2. The second-order valence-corrected chi connectivity index (χ2v) is 9.71. The standard InChI is InChI=1S/C27H37BrN4O/c1-18-13-23(16-25(28)21(18)4)14-19(2)22(5)31-26-10-9-24(15-20(26)3)27(33)30-11-8-12-32(7)17-29-6/h9-10,13,15-16,19,31H,5-6,8,11-12,14,17H2,1-4,7H3,(H,30,33)/t19-/m1/s1. The van der Waals surface area contributed by atoms with Crippen molar-refractivity contribution in [3.63, 3.8) is 0 Å². The minimum atomic E-state index is -0.0540. The summed E-state index contributed by atoms with van der Waals surface area (Å²) in [6.45, 7) is 18.3. The van der Waals surface area contributed by atoms with Crippen LogP contribution in [0.2, 0.25) is 0 Å². The van der Waals surface area contributed by atoms with E-state index in [1.807, 2.05) is 32.2 Å². The summed E-state index contributed by atoms with van der Waals surface area (Å²) in [5.41, 5.74) is 7.47. The van der Waals surface area contributed by atoms with E-state index < -0.39 is 0 Å². The quantitative estimate of drug-likeness (QED) is 0.275. The zero-order valence-electron chi connectivity index (χ0n) is 20.6. The Kier molecular flexibility index (Phi) is 10.3. The number of hydrogen-bond donors (Lipinski definition) is 2. The summed E-state index contributed by atoms with van der Waals surface area (Å²) in [6, 6.07) is 10.2. The van der Waals surface area contributed by atoms with Crippen molar-refractivity contribution < 1.29 is 4.79 Å². The van der Waals surface area contributed by atoms with Crippen molar-refractivity contribution in [3.05, 3.63) is 74.9 Å². The van der Waals surface area contributed by atoms with Crippen LogP contribution >= 0.6 is 15.9 Å². The molecule has 0 saturated heterocycles. The highest BCUT2D eigenvalue weighted by atomic mass is 79.9. The number of carbonyl (C=O) groups excluding carboxylic acids is 1. The maximum atomic E-state index is 12.5. The van der Waals surface area contributed by atoms with Crippen molar-refractivity contribution in [3.8, 4) is 0 Å². The van der Waals surface area contributed by atoms with Gasteiger partial charge < -0.3 is 10.6 Å². The molecule has 0 fully saturated rings. The summed E-state index contributed by atoms with van der Waals surface area (Å²) >= 11 is 3.66. The lowest BCUT2D eigenvalue weighted by Gasteiger charge is -2.19. The Hall–Kier alpha value is -2.44. The molecule has 33 heavy (non-hydrogen) atoms. The van der Waals surface area contributed by atoms with E-state index in [9.17, 15) is 4.79 Å². The van der Waals surface area contributed by atoms with E-state index in [1.165, 1.54) is 16.7 Å². The molecule has 0 aliphatic carbocycles. The normalized spacial score (nSPS) is 11.8. The number of benzene rings is 2. The van der Waals surface area contributed by atoms with Gasteiger partial charge in [-0.15, -0.1) is 0 Å². The van der Waals surface area contributed by atoms with Gasteiger partial charge >= 0.3 is 0 Å². The van der Waals surface area contributed by atoms with Crippen molar-refractivity contribution in [1.82, 2.24) is 10.2 Å². The predicted octanol–water partition coefficient (Wildman–Crippen LogP) is 5.89. The SMILES string of the molecule is C=NCN(C)CCCNC(=O)c1ccc(NC(=C)[C@H](C)Cc2cc(C)c(C)c(Br)c2)c(C)c1. The summed E-state index contributed by atoms with van der Waals surface area (Å²) in [4.78, 5) is 18.4. The summed E-state index contributed by atoms with van der Waals surface area (Å²) in [5, 5.41) is 6.45. The van der Waals surface area contributed by atoms with Crippen molar-refractivity contribution in [2.24, 2.45) is 10.9 Å². The summed E-state index contributed by atoms with van der Waals surface area (Å²) in [5.74, 6) is 0.206. The van der Waals surface area contributed by atoms with E-state index in [-0.39, 0.29) is 11.8 Å². The van der Waals surface area contributed by atoms with Crippen LogP contribution in [0.5, 0.6) is 0 Å². The fraction of sp³-hybridized carbons (Fsp3) is 0.407. The first kappa shape index (κ1) is 26.8. The van der Waals surface area contributed by atoms with Crippen LogP contribution in [0.25, 0.3) is 0 Å². The number of allylic oxidation sites excluding steroid dienone is 1. The molecule has 2 aromatic carbocycles.